The highest BCUT2D eigenvalue weighted by Gasteiger charge is 2.15. The normalized spacial score (nSPS) is 11.1. The van der Waals surface area contributed by atoms with Gasteiger partial charge in [0.05, 0.1) is 12.0 Å². The topological polar surface area (TPSA) is 108 Å². The number of H-pyrrole nitrogens is 1. The van der Waals surface area contributed by atoms with E-state index in [4.69, 9.17) is 10.5 Å². The number of anilines is 3. The molecule has 0 aliphatic carbocycles. The maximum atomic E-state index is 13.3. The van der Waals surface area contributed by atoms with Gasteiger partial charge in [-0.3, -0.25) is 5.10 Å². The maximum absolute atomic E-state index is 13.3. The van der Waals surface area contributed by atoms with Crippen molar-refractivity contribution in [2.75, 3.05) is 42.6 Å². The van der Waals surface area contributed by atoms with Gasteiger partial charge in [-0.05, 0) is 73.1 Å². The molecule has 188 valence electrons. The second-order valence-corrected chi connectivity index (χ2v) is 8.37. The number of urea groups is 1. The molecule has 1 heterocycles. The van der Waals surface area contributed by atoms with Gasteiger partial charge in [0.25, 0.3) is 0 Å². The molecule has 1 aromatic heterocycles. The van der Waals surface area contributed by atoms with E-state index in [-0.39, 0.29) is 0 Å². The molecule has 8 nitrogen and oxygen atoms in total. The molecule has 3 aromatic carbocycles. The summed E-state index contributed by atoms with van der Waals surface area (Å²) in [5, 5.41) is 13.4. The SMILES string of the molecule is CCN(CC)CCCOc1ccc(-c2ccc(NC(=O)Nc3cccc(F)c3)cc2)c2c(N)n[nH]c12. The van der Waals surface area contributed by atoms with Gasteiger partial charge < -0.3 is 26.0 Å². The Hall–Kier alpha value is -4.11. The number of amides is 2. The first-order valence-corrected chi connectivity index (χ1v) is 12.0. The van der Waals surface area contributed by atoms with Gasteiger partial charge in [0.2, 0.25) is 0 Å². The lowest BCUT2D eigenvalue weighted by atomic mass is 10.0. The molecule has 0 spiro atoms. The van der Waals surface area contributed by atoms with E-state index in [0.29, 0.717) is 29.5 Å². The molecule has 0 bridgehead atoms. The van der Waals surface area contributed by atoms with Crippen molar-refractivity contribution >= 4 is 34.1 Å². The molecule has 2 amide bonds. The van der Waals surface area contributed by atoms with Gasteiger partial charge in [-0.15, -0.1) is 0 Å². The van der Waals surface area contributed by atoms with E-state index in [1.807, 2.05) is 24.3 Å². The fraction of sp³-hybridized carbons (Fsp3) is 0.259. The van der Waals surface area contributed by atoms with Gasteiger partial charge in [0, 0.05) is 17.9 Å². The second kappa shape index (κ2) is 11.5. The van der Waals surface area contributed by atoms with Crippen molar-refractivity contribution in [1.82, 2.24) is 15.1 Å². The lowest BCUT2D eigenvalue weighted by Gasteiger charge is -2.18. The Balaban J connectivity index is 1.45. The number of nitrogen functional groups attached to an aromatic ring is 1. The van der Waals surface area contributed by atoms with Crippen molar-refractivity contribution in [3.8, 4) is 16.9 Å². The molecular formula is C27H31FN6O2. The Bertz CT molecular complexity index is 1320. The van der Waals surface area contributed by atoms with Crippen LogP contribution in [-0.2, 0) is 0 Å². The molecule has 0 atom stereocenters. The minimum atomic E-state index is -0.461. The first-order valence-electron chi connectivity index (χ1n) is 12.0. The Kier molecular flexibility index (Phi) is 8.02. The predicted molar refractivity (Wildman–Crippen MR) is 143 cm³/mol. The summed E-state index contributed by atoms with van der Waals surface area (Å²) < 4.78 is 19.4. The summed E-state index contributed by atoms with van der Waals surface area (Å²) in [7, 11) is 0. The van der Waals surface area contributed by atoms with Crippen LogP contribution in [0.1, 0.15) is 20.3 Å². The van der Waals surface area contributed by atoms with Gasteiger partial charge in [0.1, 0.15) is 17.1 Å². The fourth-order valence-electron chi connectivity index (χ4n) is 4.10. The van der Waals surface area contributed by atoms with Crippen LogP contribution in [0.2, 0.25) is 0 Å². The molecule has 0 unspecified atom stereocenters. The van der Waals surface area contributed by atoms with E-state index < -0.39 is 11.8 Å². The average molecular weight is 491 g/mol. The summed E-state index contributed by atoms with van der Waals surface area (Å²) in [6.45, 7) is 7.95. The predicted octanol–water partition coefficient (Wildman–Crippen LogP) is 5.71. The number of rotatable bonds is 10. The third kappa shape index (κ3) is 5.92. The Labute approximate surface area is 209 Å². The van der Waals surface area contributed by atoms with E-state index in [0.717, 1.165) is 48.1 Å². The summed E-state index contributed by atoms with van der Waals surface area (Å²) in [5.74, 6) is 0.688. The molecule has 0 fully saturated rings. The van der Waals surface area contributed by atoms with Crippen LogP contribution in [0.5, 0.6) is 5.75 Å². The minimum absolute atomic E-state index is 0.373. The van der Waals surface area contributed by atoms with Gasteiger partial charge >= 0.3 is 6.03 Å². The number of aromatic amines is 1. The number of aromatic nitrogens is 2. The van der Waals surface area contributed by atoms with Crippen molar-refractivity contribution in [3.05, 3.63) is 66.5 Å². The summed E-state index contributed by atoms with van der Waals surface area (Å²) in [4.78, 5) is 14.6. The number of nitrogens with zero attached hydrogens (tertiary/aromatic N) is 2. The van der Waals surface area contributed by atoms with Crippen LogP contribution in [0.4, 0.5) is 26.4 Å². The van der Waals surface area contributed by atoms with E-state index in [1.54, 1.807) is 18.2 Å². The largest absolute Gasteiger partial charge is 0.491 e. The monoisotopic (exact) mass is 490 g/mol. The van der Waals surface area contributed by atoms with E-state index in [1.165, 1.54) is 18.2 Å². The summed E-state index contributed by atoms with van der Waals surface area (Å²) >= 11 is 0. The molecular weight excluding hydrogens is 459 g/mol. The molecule has 0 aliphatic rings. The van der Waals surface area contributed by atoms with Gasteiger partial charge in [-0.2, -0.15) is 5.10 Å². The zero-order valence-corrected chi connectivity index (χ0v) is 20.5. The van der Waals surface area contributed by atoms with Crippen LogP contribution in [0.15, 0.2) is 60.7 Å². The number of fused-ring (bicyclic) bond motifs is 1. The van der Waals surface area contributed by atoms with E-state index >= 15 is 0 Å². The first-order chi connectivity index (χ1) is 17.5. The number of nitrogens with one attached hydrogen (secondary N) is 3. The molecule has 4 aromatic rings. The van der Waals surface area contributed by atoms with Crippen LogP contribution in [0, 0.1) is 5.82 Å². The summed E-state index contributed by atoms with van der Waals surface area (Å²) in [6.07, 6.45) is 0.926. The van der Waals surface area contributed by atoms with Crippen molar-refractivity contribution in [3.63, 3.8) is 0 Å². The maximum Gasteiger partial charge on any atom is 0.323 e. The molecule has 36 heavy (non-hydrogen) atoms. The molecule has 0 radical (unpaired) electrons. The van der Waals surface area contributed by atoms with E-state index in [9.17, 15) is 9.18 Å². The Morgan fingerprint density at radius 2 is 1.81 bits per heavy atom. The zero-order valence-electron chi connectivity index (χ0n) is 20.5. The number of carbonyl (C=O) groups excluding carboxylic acids is 1. The van der Waals surface area contributed by atoms with Crippen LogP contribution in [0.3, 0.4) is 0 Å². The molecule has 4 rings (SSSR count). The second-order valence-electron chi connectivity index (χ2n) is 8.37. The number of ether oxygens (including phenoxy) is 1. The quantitative estimate of drug-likeness (QED) is 0.213. The highest BCUT2D eigenvalue weighted by Crippen LogP contribution is 2.36. The lowest BCUT2D eigenvalue weighted by molar-refractivity contribution is 0.250. The van der Waals surface area contributed by atoms with Gasteiger partial charge in [-0.1, -0.05) is 32.0 Å². The van der Waals surface area contributed by atoms with Crippen molar-refractivity contribution in [1.29, 1.82) is 0 Å². The number of carbonyl (C=O) groups is 1. The Morgan fingerprint density at radius 1 is 1.06 bits per heavy atom. The molecule has 0 saturated carbocycles. The van der Waals surface area contributed by atoms with Crippen molar-refractivity contribution < 1.29 is 13.9 Å². The number of nitrogens with two attached hydrogens (primary N) is 1. The van der Waals surface area contributed by atoms with Crippen LogP contribution in [-0.4, -0.2) is 47.4 Å². The van der Waals surface area contributed by atoms with Crippen LogP contribution in [0.25, 0.3) is 22.0 Å². The highest BCUT2D eigenvalue weighted by atomic mass is 19.1. The number of benzene rings is 3. The fourth-order valence-corrected chi connectivity index (χ4v) is 4.10. The lowest BCUT2D eigenvalue weighted by Crippen LogP contribution is -2.25. The zero-order chi connectivity index (χ0) is 25.5. The van der Waals surface area contributed by atoms with Gasteiger partial charge in [0.15, 0.2) is 5.82 Å². The third-order valence-electron chi connectivity index (χ3n) is 6.02. The first kappa shape index (κ1) is 25.0. The number of hydrogen-bond acceptors (Lipinski definition) is 5. The van der Waals surface area contributed by atoms with Crippen LogP contribution >= 0.6 is 0 Å². The van der Waals surface area contributed by atoms with E-state index in [2.05, 4.69) is 39.6 Å². The molecule has 0 saturated heterocycles. The molecule has 5 N–H and O–H groups in total. The average Bonchev–Trinajstić information content (AvgIpc) is 3.26. The van der Waals surface area contributed by atoms with Gasteiger partial charge in [-0.25, -0.2) is 9.18 Å². The third-order valence-corrected chi connectivity index (χ3v) is 6.02. The molecule has 9 heteroatoms. The highest BCUT2D eigenvalue weighted by molar-refractivity contribution is 6.04. The summed E-state index contributed by atoms with van der Waals surface area (Å²) in [5.41, 5.74) is 9.74. The standard InChI is InChI=1S/C27H31FN6O2/c1-3-34(4-2)15-6-16-36-23-14-13-22(24-25(23)32-33-26(24)29)18-9-11-20(12-10-18)30-27(35)31-21-8-5-7-19(28)17-21/h5,7-14,17H,3-4,6,15-16H2,1-2H3,(H3,29,32,33)(H2,30,31,35). The Morgan fingerprint density at radius 3 is 2.53 bits per heavy atom. The van der Waals surface area contributed by atoms with Crippen LogP contribution < -0.4 is 21.1 Å². The van der Waals surface area contributed by atoms with Crippen molar-refractivity contribution in [2.45, 2.75) is 20.3 Å². The van der Waals surface area contributed by atoms with Crippen molar-refractivity contribution in [2.24, 2.45) is 0 Å². The smallest absolute Gasteiger partial charge is 0.323 e. The number of halogens is 1. The summed E-state index contributed by atoms with van der Waals surface area (Å²) in [6, 6.07) is 16.5. The minimum Gasteiger partial charge on any atom is -0.491 e. The molecule has 0 aliphatic heterocycles. The number of hydrogen-bond donors (Lipinski definition) is 4.